The van der Waals surface area contributed by atoms with E-state index < -0.39 is 0 Å². The molecule has 0 aliphatic carbocycles. The lowest BCUT2D eigenvalue weighted by atomic mass is 10.2. The molecule has 0 spiro atoms. The SMILES string of the molecule is Cc1ccc(NC(C)CCN)s1. The number of hydrogen-bond donors (Lipinski definition) is 2. The fourth-order valence-electron chi connectivity index (χ4n) is 1.08. The zero-order chi connectivity index (χ0) is 8.97. The second-order valence-corrected chi connectivity index (χ2v) is 4.32. The molecule has 3 heteroatoms. The van der Waals surface area contributed by atoms with Crippen LogP contribution in [-0.4, -0.2) is 12.6 Å². The zero-order valence-electron chi connectivity index (χ0n) is 7.63. The molecule has 0 fully saturated rings. The second-order valence-electron chi connectivity index (χ2n) is 3.03. The summed E-state index contributed by atoms with van der Waals surface area (Å²) in [6.07, 6.45) is 1.02. The summed E-state index contributed by atoms with van der Waals surface area (Å²) in [5.41, 5.74) is 5.45. The molecule has 0 bridgehead atoms. The topological polar surface area (TPSA) is 38.0 Å². The monoisotopic (exact) mass is 184 g/mol. The number of hydrogen-bond acceptors (Lipinski definition) is 3. The van der Waals surface area contributed by atoms with Gasteiger partial charge in [-0.15, -0.1) is 11.3 Å². The van der Waals surface area contributed by atoms with E-state index in [0.717, 1.165) is 13.0 Å². The Balaban J connectivity index is 2.41. The van der Waals surface area contributed by atoms with E-state index in [2.05, 4.69) is 31.3 Å². The Kier molecular flexibility index (Phi) is 3.56. The van der Waals surface area contributed by atoms with E-state index in [1.54, 1.807) is 11.3 Å². The molecule has 0 saturated carbocycles. The van der Waals surface area contributed by atoms with E-state index in [9.17, 15) is 0 Å². The summed E-state index contributed by atoms with van der Waals surface area (Å²) < 4.78 is 0. The molecule has 1 atom stereocenters. The normalized spacial score (nSPS) is 12.9. The van der Waals surface area contributed by atoms with Crippen LogP contribution in [-0.2, 0) is 0 Å². The lowest BCUT2D eigenvalue weighted by molar-refractivity contribution is 0.719. The lowest BCUT2D eigenvalue weighted by Gasteiger charge is -2.11. The first-order chi connectivity index (χ1) is 5.72. The van der Waals surface area contributed by atoms with Crippen LogP contribution in [0.1, 0.15) is 18.2 Å². The highest BCUT2D eigenvalue weighted by Gasteiger charge is 2.01. The fraction of sp³-hybridized carbons (Fsp3) is 0.556. The molecule has 2 nitrogen and oxygen atoms in total. The third-order valence-corrected chi connectivity index (χ3v) is 2.66. The third kappa shape index (κ3) is 2.83. The highest BCUT2D eigenvalue weighted by atomic mass is 32.1. The molecule has 0 aliphatic rings. The van der Waals surface area contributed by atoms with Crippen molar-refractivity contribution in [1.29, 1.82) is 0 Å². The van der Waals surface area contributed by atoms with E-state index in [4.69, 9.17) is 5.73 Å². The van der Waals surface area contributed by atoms with Gasteiger partial charge in [-0.05, 0) is 38.9 Å². The number of anilines is 1. The highest BCUT2D eigenvalue weighted by molar-refractivity contribution is 7.16. The van der Waals surface area contributed by atoms with E-state index in [-0.39, 0.29) is 0 Å². The van der Waals surface area contributed by atoms with Crippen LogP contribution in [0, 0.1) is 6.92 Å². The van der Waals surface area contributed by atoms with Gasteiger partial charge in [-0.1, -0.05) is 0 Å². The molecular formula is C9H16N2S. The lowest BCUT2D eigenvalue weighted by Crippen LogP contribution is -2.18. The maximum Gasteiger partial charge on any atom is 0.0887 e. The molecule has 1 aromatic heterocycles. The number of nitrogens with two attached hydrogens (primary N) is 1. The van der Waals surface area contributed by atoms with Crippen molar-refractivity contribution in [1.82, 2.24) is 0 Å². The number of nitrogens with one attached hydrogen (secondary N) is 1. The van der Waals surface area contributed by atoms with Gasteiger partial charge in [0.1, 0.15) is 0 Å². The minimum absolute atomic E-state index is 0.480. The Labute approximate surface area is 77.8 Å². The Morgan fingerprint density at radius 2 is 2.33 bits per heavy atom. The van der Waals surface area contributed by atoms with Crippen LogP contribution in [0.3, 0.4) is 0 Å². The summed E-state index contributed by atoms with van der Waals surface area (Å²) in [5, 5.41) is 4.65. The van der Waals surface area contributed by atoms with Gasteiger partial charge in [-0.3, -0.25) is 0 Å². The molecule has 0 aliphatic heterocycles. The fourth-order valence-corrected chi connectivity index (χ4v) is 1.96. The van der Waals surface area contributed by atoms with Crippen LogP contribution in [0.15, 0.2) is 12.1 Å². The number of aryl methyl sites for hydroxylation is 1. The zero-order valence-corrected chi connectivity index (χ0v) is 8.45. The first-order valence-corrected chi connectivity index (χ1v) is 5.07. The van der Waals surface area contributed by atoms with Crippen LogP contribution < -0.4 is 11.1 Å². The van der Waals surface area contributed by atoms with Crippen LogP contribution in [0.4, 0.5) is 5.00 Å². The molecular weight excluding hydrogens is 168 g/mol. The predicted molar refractivity (Wildman–Crippen MR) is 55.8 cm³/mol. The first kappa shape index (κ1) is 9.55. The third-order valence-electron chi connectivity index (χ3n) is 1.73. The van der Waals surface area contributed by atoms with Crippen molar-refractivity contribution < 1.29 is 0 Å². The van der Waals surface area contributed by atoms with Crippen molar-refractivity contribution in [2.24, 2.45) is 5.73 Å². The van der Waals surface area contributed by atoms with Crippen molar-refractivity contribution in [2.75, 3.05) is 11.9 Å². The maximum absolute atomic E-state index is 5.45. The smallest absolute Gasteiger partial charge is 0.0887 e. The van der Waals surface area contributed by atoms with E-state index >= 15 is 0 Å². The molecule has 68 valence electrons. The summed E-state index contributed by atoms with van der Waals surface area (Å²) in [6, 6.07) is 4.72. The van der Waals surface area contributed by atoms with Crippen molar-refractivity contribution in [3.05, 3.63) is 17.0 Å². The molecule has 1 rings (SSSR count). The standard InChI is InChI=1S/C9H16N2S/c1-7(5-6-10)11-9-4-3-8(2)12-9/h3-4,7,11H,5-6,10H2,1-2H3. The van der Waals surface area contributed by atoms with Crippen molar-refractivity contribution in [3.8, 4) is 0 Å². The van der Waals surface area contributed by atoms with E-state index in [0.29, 0.717) is 6.04 Å². The number of rotatable bonds is 4. The molecule has 1 unspecified atom stereocenters. The summed E-state index contributed by atoms with van der Waals surface area (Å²) in [5.74, 6) is 0. The predicted octanol–water partition coefficient (Wildman–Crippen LogP) is 2.21. The Bertz CT molecular complexity index is 232. The van der Waals surface area contributed by atoms with Crippen molar-refractivity contribution in [3.63, 3.8) is 0 Å². The maximum atomic E-state index is 5.45. The van der Waals surface area contributed by atoms with Crippen LogP contribution in [0.25, 0.3) is 0 Å². The molecule has 0 radical (unpaired) electrons. The van der Waals surface area contributed by atoms with Gasteiger partial charge < -0.3 is 11.1 Å². The molecule has 1 heterocycles. The molecule has 0 saturated heterocycles. The molecule has 3 N–H and O–H groups in total. The largest absolute Gasteiger partial charge is 0.374 e. The van der Waals surface area contributed by atoms with E-state index in [1.807, 2.05) is 0 Å². The van der Waals surface area contributed by atoms with Crippen molar-refractivity contribution >= 4 is 16.3 Å². The Hall–Kier alpha value is -0.540. The van der Waals surface area contributed by atoms with Gasteiger partial charge in [0.05, 0.1) is 5.00 Å². The highest BCUT2D eigenvalue weighted by Crippen LogP contribution is 2.21. The minimum Gasteiger partial charge on any atom is -0.374 e. The minimum atomic E-state index is 0.480. The molecule has 1 aromatic rings. The number of thiophene rings is 1. The van der Waals surface area contributed by atoms with Gasteiger partial charge in [0, 0.05) is 10.9 Å². The Morgan fingerprint density at radius 1 is 1.58 bits per heavy atom. The van der Waals surface area contributed by atoms with Crippen LogP contribution >= 0.6 is 11.3 Å². The summed E-state index contributed by atoms with van der Waals surface area (Å²) in [7, 11) is 0. The van der Waals surface area contributed by atoms with Gasteiger partial charge >= 0.3 is 0 Å². The van der Waals surface area contributed by atoms with Gasteiger partial charge in [-0.25, -0.2) is 0 Å². The quantitative estimate of drug-likeness (QED) is 0.753. The first-order valence-electron chi connectivity index (χ1n) is 4.25. The van der Waals surface area contributed by atoms with Crippen molar-refractivity contribution in [2.45, 2.75) is 26.3 Å². The van der Waals surface area contributed by atoms with Gasteiger partial charge in [0.15, 0.2) is 0 Å². The van der Waals surface area contributed by atoms with E-state index in [1.165, 1.54) is 9.88 Å². The average molecular weight is 184 g/mol. The average Bonchev–Trinajstić information content (AvgIpc) is 2.36. The van der Waals surface area contributed by atoms with Gasteiger partial charge in [0.25, 0.3) is 0 Å². The molecule has 0 amide bonds. The van der Waals surface area contributed by atoms with Crippen LogP contribution in [0.2, 0.25) is 0 Å². The summed E-state index contributed by atoms with van der Waals surface area (Å²) in [4.78, 5) is 1.34. The second kappa shape index (κ2) is 4.48. The Morgan fingerprint density at radius 3 is 2.83 bits per heavy atom. The molecule has 0 aromatic carbocycles. The van der Waals surface area contributed by atoms with Gasteiger partial charge in [0.2, 0.25) is 0 Å². The summed E-state index contributed by atoms with van der Waals surface area (Å²) in [6.45, 7) is 5.02. The van der Waals surface area contributed by atoms with Gasteiger partial charge in [-0.2, -0.15) is 0 Å². The molecule has 12 heavy (non-hydrogen) atoms. The summed E-state index contributed by atoms with van der Waals surface area (Å²) >= 11 is 1.79. The van der Waals surface area contributed by atoms with Crippen LogP contribution in [0.5, 0.6) is 0 Å².